The third-order valence-electron chi connectivity index (χ3n) is 4.62. The largest absolute Gasteiger partial charge is 0.490 e. The molecule has 0 atom stereocenters. The number of rotatable bonds is 7. The number of hydrogen-bond donors (Lipinski definition) is 0. The van der Waals surface area contributed by atoms with Crippen LogP contribution in [0.2, 0.25) is 5.02 Å². The Morgan fingerprint density at radius 2 is 1.81 bits per heavy atom. The van der Waals surface area contributed by atoms with Gasteiger partial charge in [-0.2, -0.15) is 0 Å². The van der Waals surface area contributed by atoms with Gasteiger partial charge in [0.15, 0.2) is 17.2 Å². The summed E-state index contributed by atoms with van der Waals surface area (Å²) in [6.07, 6.45) is 1.67. The van der Waals surface area contributed by atoms with Gasteiger partial charge in [0.1, 0.15) is 6.61 Å². The van der Waals surface area contributed by atoms with Crippen molar-refractivity contribution in [1.29, 1.82) is 0 Å². The molecule has 0 saturated heterocycles. The smallest absolute Gasteiger partial charge is 0.363 e. The van der Waals surface area contributed by atoms with Gasteiger partial charge < -0.3 is 14.2 Å². The summed E-state index contributed by atoms with van der Waals surface area (Å²) in [5.74, 6) is 0.964. The maximum absolute atomic E-state index is 12.3. The first-order valence-corrected chi connectivity index (χ1v) is 11.4. The van der Waals surface area contributed by atoms with Crippen LogP contribution in [-0.4, -0.2) is 18.5 Å². The predicted molar refractivity (Wildman–Crippen MR) is 133 cm³/mol. The van der Waals surface area contributed by atoms with E-state index in [-0.39, 0.29) is 5.70 Å². The Labute approximate surface area is 204 Å². The third kappa shape index (κ3) is 5.31. The van der Waals surface area contributed by atoms with Crippen LogP contribution in [0.1, 0.15) is 23.6 Å². The van der Waals surface area contributed by atoms with E-state index in [0.29, 0.717) is 35.6 Å². The number of halogens is 2. The van der Waals surface area contributed by atoms with Gasteiger partial charge in [0.2, 0.25) is 5.90 Å². The van der Waals surface area contributed by atoms with E-state index in [1.807, 2.05) is 67.6 Å². The number of carbonyl (C=O) groups is 1. The topological polar surface area (TPSA) is 57.1 Å². The number of aliphatic imine (C=N–C) groups is 1. The average Bonchev–Trinajstić information content (AvgIpc) is 3.15. The summed E-state index contributed by atoms with van der Waals surface area (Å²) in [7, 11) is 0. The Kier molecular flexibility index (Phi) is 7.12. The maximum atomic E-state index is 12.3. The number of benzene rings is 3. The van der Waals surface area contributed by atoms with Crippen LogP contribution in [0.4, 0.5) is 0 Å². The van der Waals surface area contributed by atoms with Gasteiger partial charge in [-0.3, -0.25) is 0 Å². The van der Waals surface area contributed by atoms with Crippen molar-refractivity contribution in [2.45, 2.75) is 13.5 Å². The molecule has 0 N–H and O–H groups in total. The molecule has 1 aliphatic heterocycles. The van der Waals surface area contributed by atoms with E-state index in [0.717, 1.165) is 20.3 Å². The van der Waals surface area contributed by atoms with E-state index in [1.165, 1.54) is 0 Å². The Balaban J connectivity index is 1.56. The molecular formula is C25H19ClINO4. The van der Waals surface area contributed by atoms with Crippen molar-refractivity contribution in [3.8, 4) is 11.5 Å². The molecule has 0 amide bonds. The molecule has 0 saturated carbocycles. The highest BCUT2D eigenvalue weighted by Crippen LogP contribution is 2.31. The predicted octanol–water partition coefficient (Wildman–Crippen LogP) is 6.27. The molecule has 0 unspecified atom stereocenters. The maximum Gasteiger partial charge on any atom is 0.363 e. The minimum atomic E-state index is -0.490. The zero-order chi connectivity index (χ0) is 22.5. The van der Waals surface area contributed by atoms with Gasteiger partial charge in [-0.05, 0) is 83.6 Å². The van der Waals surface area contributed by atoms with Crippen molar-refractivity contribution in [3.05, 3.63) is 97.7 Å². The molecule has 0 aliphatic carbocycles. The van der Waals surface area contributed by atoms with E-state index < -0.39 is 5.97 Å². The summed E-state index contributed by atoms with van der Waals surface area (Å²) in [6, 6.07) is 20.6. The van der Waals surface area contributed by atoms with Crippen molar-refractivity contribution in [2.24, 2.45) is 4.99 Å². The minimum Gasteiger partial charge on any atom is -0.490 e. The molecule has 3 aromatic rings. The lowest BCUT2D eigenvalue weighted by Crippen LogP contribution is -2.05. The summed E-state index contributed by atoms with van der Waals surface area (Å²) in [5.41, 5.74) is 2.61. The first-order chi connectivity index (χ1) is 15.5. The van der Waals surface area contributed by atoms with E-state index in [1.54, 1.807) is 12.1 Å². The zero-order valence-electron chi connectivity index (χ0n) is 17.2. The second-order valence-electron chi connectivity index (χ2n) is 6.86. The lowest BCUT2D eigenvalue weighted by Gasteiger charge is -2.13. The van der Waals surface area contributed by atoms with Gasteiger partial charge >= 0.3 is 5.97 Å². The van der Waals surface area contributed by atoms with Crippen LogP contribution in [0.3, 0.4) is 0 Å². The highest BCUT2D eigenvalue weighted by atomic mass is 127. The molecule has 0 fully saturated rings. The molecule has 162 valence electrons. The first-order valence-electron chi connectivity index (χ1n) is 9.95. The van der Waals surface area contributed by atoms with E-state index in [2.05, 4.69) is 27.6 Å². The molecule has 4 rings (SSSR count). The number of esters is 1. The number of carbonyl (C=O) groups excluding carboxylic acids is 1. The molecule has 32 heavy (non-hydrogen) atoms. The van der Waals surface area contributed by atoms with Crippen LogP contribution in [0.25, 0.3) is 6.08 Å². The van der Waals surface area contributed by atoms with Gasteiger partial charge in [-0.15, -0.1) is 0 Å². The molecule has 7 heteroatoms. The highest BCUT2D eigenvalue weighted by Gasteiger charge is 2.24. The highest BCUT2D eigenvalue weighted by molar-refractivity contribution is 14.1. The Morgan fingerprint density at radius 1 is 1.03 bits per heavy atom. The number of nitrogens with zero attached hydrogens (tertiary/aromatic N) is 1. The van der Waals surface area contributed by atoms with Gasteiger partial charge in [0.05, 0.1) is 6.61 Å². The Hall–Kier alpha value is -2.84. The first kappa shape index (κ1) is 22.4. The van der Waals surface area contributed by atoms with Crippen LogP contribution in [0, 0.1) is 3.57 Å². The van der Waals surface area contributed by atoms with Gasteiger partial charge in [0, 0.05) is 19.7 Å². The molecule has 0 bridgehead atoms. The Morgan fingerprint density at radius 3 is 2.56 bits per heavy atom. The van der Waals surface area contributed by atoms with E-state index in [4.69, 9.17) is 25.8 Å². The second kappa shape index (κ2) is 10.2. The van der Waals surface area contributed by atoms with Crippen molar-refractivity contribution in [2.75, 3.05) is 6.61 Å². The number of hydrogen-bond acceptors (Lipinski definition) is 5. The molecule has 1 aliphatic rings. The fourth-order valence-corrected chi connectivity index (χ4v) is 3.61. The Bertz CT molecular complexity index is 1200. The fourth-order valence-electron chi connectivity index (χ4n) is 3.06. The minimum absolute atomic E-state index is 0.228. The van der Waals surface area contributed by atoms with Crippen molar-refractivity contribution in [3.63, 3.8) is 0 Å². The van der Waals surface area contributed by atoms with E-state index >= 15 is 0 Å². The molecule has 1 heterocycles. The normalized spacial score (nSPS) is 14.3. The average molecular weight is 560 g/mol. The van der Waals surface area contributed by atoms with Crippen LogP contribution < -0.4 is 9.47 Å². The summed E-state index contributed by atoms with van der Waals surface area (Å²) in [6.45, 7) is 2.69. The summed E-state index contributed by atoms with van der Waals surface area (Å²) in [4.78, 5) is 16.7. The van der Waals surface area contributed by atoms with Crippen LogP contribution in [0.5, 0.6) is 11.5 Å². The van der Waals surface area contributed by atoms with Crippen LogP contribution in [-0.2, 0) is 16.1 Å². The molecular weight excluding hydrogens is 541 g/mol. The standard InChI is InChI=1S/C25H19ClINO4/c1-2-30-23-14-16(7-12-22(23)31-15-18-5-3-4-6-20(18)26)13-21-25(29)32-24(28-21)17-8-10-19(27)11-9-17/h3-14H,2,15H2,1H3/b21-13-. The van der Waals surface area contributed by atoms with Crippen LogP contribution >= 0.6 is 34.2 Å². The summed E-state index contributed by atoms with van der Waals surface area (Å²) in [5, 5.41) is 0.647. The molecule has 0 aromatic heterocycles. The monoisotopic (exact) mass is 559 g/mol. The second-order valence-corrected chi connectivity index (χ2v) is 8.52. The quantitative estimate of drug-likeness (QED) is 0.195. The van der Waals surface area contributed by atoms with Gasteiger partial charge in [-0.25, -0.2) is 9.79 Å². The molecule has 3 aromatic carbocycles. The number of ether oxygens (including phenoxy) is 3. The van der Waals surface area contributed by atoms with Crippen molar-refractivity contribution >= 4 is 52.1 Å². The summed E-state index contributed by atoms with van der Waals surface area (Å²) < 4.78 is 18.1. The zero-order valence-corrected chi connectivity index (χ0v) is 20.1. The molecule has 5 nitrogen and oxygen atoms in total. The lowest BCUT2D eigenvalue weighted by atomic mass is 10.1. The molecule has 0 radical (unpaired) electrons. The van der Waals surface area contributed by atoms with Crippen molar-refractivity contribution < 1.29 is 19.0 Å². The van der Waals surface area contributed by atoms with E-state index in [9.17, 15) is 4.79 Å². The number of cyclic esters (lactones) is 1. The van der Waals surface area contributed by atoms with Crippen molar-refractivity contribution in [1.82, 2.24) is 0 Å². The fraction of sp³-hybridized carbons (Fsp3) is 0.120. The SMILES string of the molecule is CCOc1cc(/C=C2\N=C(c3ccc(I)cc3)OC2=O)ccc1OCc1ccccc1Cl. The third-order valence-corrected chi connectivity index (χ3v) is 5.71. The van der Waals surface area contributed by atoms with Gasteiger partial charge in [-0.1, -0.05) is 35.9 Å². The lowest BCUT2D eigenvalue weighted by molar-refractivity contribution is -0.129. The molecule has 0 spiro atoms. The van der Waals surface area contributed by atoms with Gasteiger partial charge in [0.25, 0.3) is 0 Å². The summed E-state index contributed by atoms with van der Waals surface area (Å²) >= 11 is 8.43. The van der Waals surface area contributed by atoms with Crippen LogP contribution in [0.15, 0.2) is 77.4 Å².